The first kappa shape index (κ1) is 12.7. The number of anilines is 2. The number of nitrogens with two attached hydrogens (primary N) is 2. The summed E-state index contributed by atoms with van der Waals surface area (Å²) in [5, 5.41) is 0.229. The lowest BCUT2D eigenvalue weighted by Gasteiger charge is -2.05. The number of fused-ring (bicyclic) bond motifs is 1. The van der Waals surface area contributed by atoms with Gasteiger partial charge in [-0.2, -0.15) is 4.39 Å². The quantitative estimate of drug-likeness (QED) is 0.672. The van der Waals surface area contributed by atoms with E-state index in [1.54, 1.807) is 0 Å². The van der Waals surface area contributed by atoms with Gasteiger partial charge in [-0.15, -0.1) is 0 Å². The first-order chi connectivity index (χ1) is 9.49. The summed E-state index contributed by atoms with van der Waals surface area (Å²) in [6.07, 6.45) is 1.27. The fraction of sp³-hybridized carbons (Fsp3) is 0. The minimum Gasteiger partial charge on any atom is -0.434 e. The van der Waals surface area contributed by atoms with E-state index in [1.165, 1.54) is 24.4 Å². The van der Waals surface area contributed by atoms with Gasteiger partial charge in [-0.1, -0.05) is 17.7 Å². The van der Waals surface area contributed by atoms with E-state index >= 15 is 0 Å². The van der Waals surface area contributed by atoms with Crippen LogP contribution in [0, 0.1) is 11.8 Å². The number of pyridine rings is 1. The highest BCUT2D eigenvalue weighted by atomic mass is 35.5. The Kier molecular flexibility index (Phi) is 2.76. The van der Waals surface area contributed by atoms with Crippen molar-refractivity contribution in [2.45, 2.75) is 0 Å². The molecule has 1 aromatic carbocycles. The van der Waals surface area contributed by atoms with Gasteiger partial charge in [0.2, 0.25) is 5.88 Å². The highest BCUT2D eigenvalue weighted by molar-refractivity contribution is 6.31. The molecular formula is C13H8ClF2N3O. The average molecular weight is 296 g/mol. The number of hydrogen-bond donors (Lipinski definition) is 2. The molecule has 4 N–H and O–H groups in total. The maximum atomic E-state index is 13.6. The van der Waals surface area contributed by atoms with Crippen molar-refractivity contribution in [2.75, 3.05) is 11.5 Å². The SMILES string of the molecule is Nc1oc2c(F)ncc(-c3ccc(F)c(Cl)c3)c2c1N. The second-order valence-electron chi connectivity index (χ2n) is 4.18. The molecule has 0 aliphatic heterocycles. The summed E-state index contributed by atoms with van der Waals surface area (Å²) in [6.45, 7) is 0. The number of furan rings is 1. The van der Waals surface area contributed by atoms with Crippen molar-refractivity contribution in [1.82, 2.24) is 4.98 Å². The van der Waals surface area contributed by atoms with Crippen LogP contribution in [0.5, 0.6) is 0 Å². The summed E-state index contributed by atoms with van der Waals surface area (Å²) in [5.74, 6) is -1.47. The molecule has 0 unspecified atom stereocenters. The second-order valence-corrected chi connectivity index (χ2v) is 4.58. The van der Waals surface area contributed by atoms with Crippen LogP contribution in [0.4, 0.5) is 20.4 Å². The van der Waals surface area contributed by atoms with E-state index < -0.39 is 11.8 Å². The summed E-state index contributed by atoms with van der Waals surface area (Å²) < 4.78 is 31.9. The minimum atomic E-state index is -0.819. The molecular weight excluding hydrogens is 288 g/mol. The predicted molar refractivity (Wildman–Crippen MR) is 73.2 cm³/mol. The summed E-state index contributed by atoms with van der Waals surface area (Å²) in [6, 6.07) is 4.08. The van der Waals surface area contributed by atoms with E-state index in [1.807, 2.05) is 0 Å². The van der Waals surface area contributed by atoms with Crippen LogP contribution in [0.3, 0.4) is 0 Å². The van der Waals surface area contributed by atoms with E-state index in [0.29, 0.717) is 11.1 Å². The molecule has 0 amide bonds. The van der Waals surface area contributed by atoms with Crippen LogP contribution in [0.1, 0.15) is 0 Å². The van der Waals surface area contributed by atoms with Gasteiger partial charge < -0.3 is 15.9 Å². The fourth-order valence-corrected chi connectivity index (χ4v) is 2.18. The zero-order valence-corrected chi connectivity index (χ0v) is 10.7. The Balaban J connectivity index is 2.36. The van der Waals surface area contributed by atoms with Crippen LogP contribution in [-0.4, -0.2) is 4.98 Å². The lowest BCUT2D eigenvalue weighted by molar-refractivity contribution is 0.545. The zero-order valence-electron chi connectivity index (χ0n) is 9.95. The summed E-state index contributed by atoms with van der Waals surface area (Å²) in [5.41, 5.74) is 12.3. The maximum absolute atomic E-state index is 13.6. The first-order valence-corrected chi connectivity index (χ1v) is 5.94. The molecule has 7 heteroatoms. The fourth-order valence-electron chi connectivity index (χ4n) is 2.00. The predicted octanol–water partition coefficient (Wildman–Crippen LogP) is 3.59. The molecule has 2 aromatic heterocycles. The number of nitrogens with zero attached hydrogens (tertiary/aromatic N) is 1. The van der Waals surface area contributed by atoms with E-state index in [4.69, 9.17) is 27.5 Å². The lowest BCUT2D eigenvalue weighted by Crippen LogP contribution is -1.92. The van der Waals surface area contributed by atoms with E-state index in [9.17, 15) is 8.78 Å². The van der Waals surface area contributed by atoms with Crippen LogP contribution in [0.2, 0.25) is 5.02 Å². The molecule has 3 rings (SSSR count). The van der Waals surface area contributed by atoms with Crippen molar-refractivity contribution < 1.29 is 13.2 Å². The Hall–Kier alpha value is -2.34. The largest absolute Gasteiger partial charge is 0.434 e. The molecule has 4 nitrogen and oxygen atoms in total. The van der Waals surface area contributed by atoms with Crippen LogP contribution in [0.25, 0.3) is 22.1 Å². The Morgan fingerprint density at radius 2 is 1.95 bits per heavy atom. The second kappa shape index (κ2) is 4.35. The number of halogens is 3. The molecule has 0 aliphatic rings. The third-order valence-electron chi connectivity index (χ3n) is 2.97. The van der Waals surface area contributed by atoms with Gasteiger partial charge in [-0.3, -0.25) is 0 Å². The van der Waals surface area contributed by atoms with Crippen molar-refractivity contribution in [1.29, 1.82) is 0 Å². The van der Waals surface area contributed by atoms with Crippen molar-refractivity contribution in [3.05, 3.63) is 41.2 Å². The van der Waals surface area contributed by atoms with Gasteiger partial charge in [-0.05, 0) is 17.7 Å². The summed E-state index contributed by atoms with van der Waals surface area (Å²) in [7, 11) is 0. The van der Waals surface area contributed by atoms with E-state index in [0.717, 1.165) is 0 Å². The molecule has 0 radical (unpaired) electrons. The Morgan fingerprint density at radius 3 is 2.65 bits per heavy atom. The van der Waals surface area contributed by atoms with Crippen molar-refractivity contribution >= 4 is 34.1 Å². The van der Waals surface area contributed by atoms with Crippen molar-refractivity contribution in [3.63, 3.8) is 0 Å². The number of hydrogen-bond acceptors (Lipinski definition) is 4. The number of rotatable bonds is 1. The smallest absolute Gasteiger partial charge is 0.256 e. The highest BCUT2D eigenvalue weighted by Crippen LogP contribution is 2.39. The van der Waals surface area contributed by atoms with Crippen LogP contribution in [-0.2, 0) is 0 Å². The summed E-state index contributed by atoms with van der Waals surface area (Å²) in [4.78, 5) is 3.58. The Bertz CT molecular complexity index is 832. The number of nitrogen functional groups attached to an aromatic ring is 2. The van der Waals surface area contributed by atoms with Gasteiger partial charge in [-0.25, -0.2) is 9.37 Å². The molecule has 0 fully saturated rings. The molecule has 3 aromatic rings. The maximum Gasteiger partial charge on any atom is 0.256 e. The molecule has 0 atom stereocenters. The van der Waals surface area contributed by atoms with Crippen molar-refractivity contribution in [3.8, 4) is 11.1 Å². The lowest BCUT2D eigenvalue weighted by atomic mass is 10.0. The zero-order chi connectivity index (χ0) is 14.4. The first-order valence-electron chi connectivity index (χ1n) is 5.56. The van der Waals surface area contributed by atoms with Gasteiger partial charge in [0.05, 0.1) is 10.4 Å². The Labute approximate surface area is 116 Å². The van der Waals surface area contributed by atoms with Crippen molar-refractivity contribution in [2.24, 2.45) is 0 Å². The minimum absolute atomic E-state index is 0.0602. The number of benzene rings is 1. The molecule has 0 spiro atoms. The molecule has 102 valence electrons. The van der Waals surface area contributed by atoms with E-state index in [-0.39, 0.29) is 27.6 Å². The van der Waals surface area contributed by atoms with Gasteiger partial charge in [0.15, 0.2) is 5.58 Å². The topological polar surface area (TPSA) is 78.1 Å². The molecule has 0 bridgehead atoms. The molecule has 2 heterocycles. The van der Waals surface area contributed by atoms with Crippen LogP contribution < -0.4 is 11.5 Å². The van der Waals surface area contributed by atoms with Gasteiger partial charge >= 0.3 is 0 Å². The molecule has 0 saturated carbocycles. The third-order valence-corrected chi connectivity index (χ3v) is 3.26. The van der Waals surface area contributed by atoms with Crippen LogP contribution in [0.15, 0.2) is 28.8 Å². The van der Waals surface area contributed by atoms with Gasteiger partial charge in [0.25, 0.3) is 5.95 Å². The summed E-state index contributed by atoms with van der Waals surface area (Å²) >= 11 is 5.74. The standard InChI is InChI=1S/C13H8ClF2N3O/c14-7-3-5(1-2-8(7)15)6-4-19-12(16)11-9(6)10(17)13(18)20-11/h1-4H,17-18H2. The van der Waals surface area contributed by atoms with E-state index in [2.05, 4.69) is 4.98 Å². The normalized spacial score (nSPS) is 11.2. The molecule has 0 aliphatic carbocycles. The average Bonchev–Trinajstić information content (AvgIpc) is 2.72. The third kappa shape index (κ3) is 1.77. The number of aromatic nitrogens is 1. The van der Waals surface area contributed by atoms with Gasteiger partial charge in [0.1, 0.15) is 11.5 Å². The van der Waals surface area contributed by atoms with Crippen LogP contribution >= 0.6 is 11.6 Å². The monoisotopic (exact) mass is 295 g/mol. The molecule has 20 heavy (non-hydrogen) atoms. The highest BCUT2D eigenvalue weighted by Gasteiger charge is 2.19. The molecule has 0 saturated heterocycles. The van der Waals surface area contributed by atoms with Gasteiger partial charge in [0, 0.05) is 11.8 Å². The Morgan fingerprint density at radius 1 is 1.20 bits per heavy atom.